The molecule has 0 amide bonds. The molecule has 1 aliphatic heterocycles. The molecule has 1 aliphatic rings. The van der Waals surface area contributed by atoms with E-state index < -0.39 is 0 Å². The van der Waals surface area contributed by atoms with E-state index in [1.807, 2.05) is 19.9 Å². The molecule has 4 heteroatoms. The number of hydrogen-bond acceptors (Lipinski definition) is 4. The van der Waals surface area contributed by atoms with Crippen LogP contribution in [0.25, 0.3) is 0 Å². The van der Waals surface area contributed by atoms with Crippen LogP contribution in [0.15, 0.2) is 36.4 Å². The Morgan fingerprint density at radius 1 is 1.29 bits per heavy atom. The molecule has 24 heavy (non-hydrogen) atoms. The Bertz CT molecular complexity index is 710. The molecule has 0 radical (unpaired) electrons. The first-order chi connectivity index (χ1) is 11.7. The van der Waals surface area contributed by atoms with Crippen molar-refractivity contribution in [2.75, 3.05) is 25.0 Å². The molecule has 1 fully saturated rings. The lowest BCUT2D eigenvalue weighted by atomic mass is 10.1. The average Bonchev–Trinajstić information content (AvgIpc) is 3.01. The van der Waals surface area contributed by atoms with Crippen LogP contribution in [0.3, 0.4) is 0 Å². The van der Waals surface area contributed by atoms with Crippen LogP contribution in [0.5, 0.6) is 0 Å². The molecule has 2 heterocycles. The number of hydrogen-bond donors (Lipinski definition) is 1. The summed E-state index contributed by atoms with van der Waals surface area (Å²) in [5.74, 6) is 1.53. The van der Waals surface area contributed by atoms with Crippen LogP contribution >= 0.6 is 0 Å². The van der Waals surface area contributed by atoms with Crippen molar-refractivity contribution < 1.29 is 0 Å². The van der Waals surface area contributed by atoms with Gasteiger partial charge in [0.05, 0.1) is 11.3 Å². The van der Waals surface area contributed by atoms with Crippen molar-refractivity contribution in [2.24, 2.45) is 5.92 Å². The second kappa shape index (κ2) is 7.46. The fraction of sp³-hybridized carbons (Fsp3) is 0.400. The highest BCUT2D eigenvalue weighted by Crippen LogP contribution is 2.20. The first-order valence-corrected chi connectivity index (χ1v) is 8.54. The van der Waals surface area contributed by atoms with Gasteiger partial charge >= 0.3 is 0 Å². The Labute approximate surface area is 144 Å². The molecule has 1 aromatic carbocycles. The lowest BCUT2D eigenvalue weighted by molar-refractivity contribution is 0.319. The van der Waals surface area contributed by atoms with E-state index in [1.54, 1.807) is 0 Å². The van der Waals surface area contributed by atoms with Gasteiger partial charge in [-0.2, -0.15) is 5.26 Å². The van der Waals surface area contributed by atoms with Gasteiger partial charge in [0.25, 0.3) is 0 Å². The standard InChI is InChI=1S/C20H24N4/c1-15-10-20(23-16(2)19(15)11-21)22-12-18-8-9-24(14-18)13-17-6-4-3-5-7-17/h3-7,10,18H,8-9,12-14H2,1-2H3,(H,22,23). The Morgan fingerprint density at radius 3 is 2.79 bits per heavy atom. The largest absolute Gasteiger partial charge is 0.370 e. The maximum atomic E-state index is 9.13. The molecule has 124 valence electrons. The van der Waals surface area contributed by atoms with Crippen molar-refractivity contribution in [3.05, 3.63) is 58.8 Å². The smallest absolute Gasteiger partial charge is 0.126 e. The highest BCUT2D eigenvalue weighted by Gasteiger charge is 2.22. The monoisotopic (exact) mass is 320 g/mol. The summed E-state index contributed by atoms with van der Waals surface area (Å²) in [5, 5.41) is 12.6. The minimum Gasteiger partial charge on any atom is -0.370 e. The number of nitrogens with zero attached hydrogens (tertiary/aromatic N) is 3. The summed E-state index contributed by atoms with van der Waals surface area (Å²) in [6.07, 6.45) is 1.22. The molecule has 0 aliphatic carbocycles. The Balaban J connectivity index is 1.52. The zero-order valence-electron chi connectivity index (χ0n) is 14.4. The fourth-order valence-electron chi connectivity index (χ4n) is 3.40. The van der Waals surface area contributed by atoms with Crippen molar-refractivity contribution in [2.45, 2.75) is 26.8 Å². The van der Waals surface area contributed by atoms with Gasteiger partial charge in [-0.3, -0.25) is 4.90 Å². The van der Waals surface area contributed by atoms with Crippen molar-refractivity contribution in [1.29, 1.82) is 5.26 Å². The maximum Gasteiger partial charge on any atom is 0.126 e. The predicted octanol–water partition coefficient (Wildman–Crippen LogP) is 3.50. The van der Waals surface area contributed by atoms with E-state index in [1.165, 1.54) is 12.0 Å². The second-order valence-corrected chi connectivity index (χ2v) is 6.65. The third kappa shape index (κ3) is 3.93. The average molecular weight is 320 g/mol. The molecule has 1 saturated heterocycles. The minimum absolute atomic E-state index is 0.645. The quantitative estimate of drug-likeness (QED) is 0.916. The van der Waals surface area contributed by atoms with E-state index in [-0.39, 0.29) is 0 Å². The number of aryl methyl sites for hydroxylation is 2. The normalized spacial score (nSPS) is 17.6. The van der Waals surface area contributed by atoms with E-state index in [2.05, 4.69) is 51.6 Å². The summed E-state index contributed by atoms with van der Waals surface area (Å²) in [4.78, 5) is 7.02. The lowest BCUT2D eigenvalue weighted by Gasteiger charge is -2.17. The van der Waals surface area contributed by atoms with Crippen molar-refractivity contribution in [1.82, 2.24) is 9.88 Å². The van der Waals surface area contributed by atoms with Crippen LogP contribution in [-0.2, 0) is 6.54 Å². The Hall–Kier alpha value is -2.38. The molecule has 0 spiro atoms. The van der Waals surface area contributed by atoms with Gasteiger partial charge in [-0.05, 0) is 49.9 Å². The Kier molecular flexibility index (Phi) is 5.12. The number of nitriles is 1. The molecule has 4 nitrogen and oxygen atoms in total. The molecular weight excluding hydrogens is 296 g/mol. The van der Waals surface area contributed by atoms with Gasteiger partial charge in [-0.1, -0.05) is 30.3 Å². The van der Waals surface area contributed by atoms with Crippen LogP contribution in [0.2, 0.25) is 0 Å². The van der Waals surface area contributed by atoms with Crippen LogP contribution in [0.1, 0.15) is 28.8 Å². The number of likely N-dealkylation sites (tertiary alicyclic amines) is 1. The minimum atomic E-state index is 0.645. The number of aromatic nitrogens is 1. The molecule has 2 aromatic rings. The molecule has 1 aromatic heterocycles. The first kappa shape index (κ1) is 16.5. The summed E-state index contributed by atoms with van der Waals surface area (Å²) >= 11 is 0. The molecule has 0 saturated carbocycles. The number of nitrogens with one attached hydrogen (secondary N) is 1. The number of benzene rings is 1. The third-order valence-corrected chi connectivity index (χ3v) is 4.70. The second-order valence-electron chi connectivity index (χ2n) is 6.65. The summed E-state index contributed by atoms with van der Waals surface area (Å²) < 4.78 is 0. The summed E-state index contributed by atoms with van der Waals surface area (Å²) in [6, 6.07) is 14.8. The van der Waals surface area contributed by atoms with Gasteiger partial charge in [-0.25, -0.2) is 4.98 Å². The van der Waals surface area contributed by atoms with E-state index >= 15 is 0 Å². The van der Waals surface area contributed by atoms with Crippen LogP contribution in [-0.4, -0.2) is 29.5 Å². The molecule has 1 atom stereocenters. The highest BCUT2D eigenvalue weighted by atomic mass is 15.1. The van der Waals surface area contributed by atoms with Crippen LogP contribution in [0, 0.1) is 31.1 Å². The summed E-state index contributed by atoms with van der Waals surface area (Å²) in [7, 11) is 0. The van der Waals surface area contributed by atoms with E-state index in [9.17, 15) is 0 Å². The predicted molar refractivity (Wildman–Crippen MR) is 96.7 cm³/mol. The molecule has 1 unspecified atom stereocenters. The van der Waals surface area contributed by atoms with Gasteiger partial charge in [0, 0.05) is 19.6 Å². The first-order valence-electron chi connectivity index (χ1n) is 8.54. The van der Waals surface area contributed by atoms with Gasteiger partial charge in [-0.15, -0.1) is 0 Å². The van der Waals surface area contributed by atoms with E-state index in [0.717, 1.165) is 43.3 Å². The summed E-state index contributed by atoms with van der Waals surface area (Å²) in [5.41, 5.74) is 3.86. The van der Waals surface area contributed by atoms with Crippen LogP contribution < -0.4 is 5.32 Å². The maximum absolute atomic E-state index is 9.13. The SMILES string of the molecule is Cc1cc(NCC2CCN(Cc3ccccc3)C2)nc(C)c1C#N. The number of anilines is 1. The zero-order chi connectivity index (χ0) is 16.9. The molecule has 0 bridgehead atoms. The zero-order valence-corrected chi connectivity index (χ0v) is 14.4. The third-order valence-electron chi connectivity index (χ3n) is 4.70. The van der Waals surface area contributed by atoms with Gasteiger partial charge in [0.2, 0.25) is 0 Å². The van der Waals surface area contributed by atoms with Gasteiger partial charge in [0.1, 0.15) is 11.9 Å². The molecule has 1 N–H and O–H groups in total. The molecular formula is C20H24N4. The van der Waals surface area contributed by atoms with Crippen molar-refractivity contribution >= 4 is 5.82 Å². The summed E-state index contributed by atoms with van der Waals surface area (Å²) in [6.45, 7) is 8.10. The van der Waals surface area contributed by atoms with Crippen molar-refractivity contribution in [3.8, 4) is 6.07 Å². The highest BCUT2D eigenvalue weighted by molar-refractivity contribution is 5.48. The van der Waals surface area contributed by atoms with Gasteiger partial charge in [0.15, 0.2) is 0 Å². The van der Waals surface area contributed by atoms with E-state index in [4.69, 9.17) is 5.26 Å². The molecule has 3 rings (SSSR count). The van der Waals surface area contributed by atoms with Crippen molar-refractivity contribution in [3.63, 3.8) is 0 Å². The number of rotatable bonds is 5. The van der Waals surface area contributed by atoms with Gasteiger partial charge < -0.3 is 5.32 Å². The Morgan fingerprint density at radius 2 is 2.08 bits per heavy atom. The fourth-order valence-corrected chi connectivity index (χ4v) is 3.40. The topological polar surface area (TPSA) is 52.0 Å². The lowest BCUT2D eigenvalue weighted by Crippen LogP contribution is -2.22. The number of pyridine rings is 1. The van der Waals surface area contributed by atoms with E-state index in [0.29, 0.717) is 11.5 Å². The van der Waals surface area contributed by atoms with Crippen LogP contribution in [0.4, 0.5) is 5.82 Å².